The topological polar surface area (TPSA) is 35.8 Å². The molecule has 0 saturated heterocycles. The van der Waals surface area contributed by atoms with E-state index in [2.05, 4.69) is 101 Å². The molecule has 3 nitrogen and oxygen atoms in total. The molecule has 166 valence electrons. The van der Waals surface area contributed by atoms with Gasteiger partial charge in [0.15, 0.2) is 0 Å². The molecular formula is C29H34N2O. The maximum absolute atomic E-state index is 11.3. The van der Waals surface area contributed by atoms with Crippen LogP contribution in [0.2, 0.25) is 0 Å². The average Bonchev–Trinajstić information content (AvgIpc) is 3.14. The van der Waals surface area contributed by atoms with Crippen molar-refractivity contribution in [3.8, 4) is 5.75 Å². The van der Waals surface area contributed by atoms with E-state index >= 15 is 0 Å². The fraction of sp³-hybridized carbons (Fsp3) is 0.345. The summed E-state index contributed by atoms with van der Waals surface area (Å²) >= 11 is 0. The van der Waals surface area contributed by atoms with Crippen LogP contribution in [0.15, 0.2) is 89.9 Å². The van der Waals surface area contributed by atoms with E-state index in [1.165, 1.54) is 0 Å². The molecule has 1 aliphatic heterocycles. The van der Waals surface area contributed by atoms with Crippen LogP contribution >= 0.6 is 0 Å². The normalized spacial score (nSPS) is 23.5. The molecule has 1 N–H and O–H groups in total. The summed E-state index contributed by atoms with van der Waals surface area (Å²) in [5.74, 6) is 0.278. The summed E-state index contributed by atoms with van der Waals surface area (Å²) < 4.78 is 0. The molecule has 0 fully saturated rings. The molecule has 0 amide bonds. The number of aliphatic imine (C=N–C) groups is 1. The number of hydrogen-bond donors (Lipinski definition) is 1. The standard InChI is InChI=1S/C29H34N2O/c1-26(2,3)29(23-17-11-8-12-18-23)28(22-15-9-7-10-16-22,24-19-13-14-20-25(24)32)31(21-30-29)27(4,5)6/h7-21,32H,1-6H3. The van der Waals surface area contributed by atoms with E-state index in [0.717, 1.165) is 16.7 Å². The van der Waals surface area contributed by atoms with Gasteiger partial charge in [-0.15, -0.1) is 0 Å². The number of aromatic hydroxyl groups is 1. The first-order valence-electron chi connectivity index (χ1n) is 11.3. The third-order valence-electron chi connectivity index (χ3n) is 6.74. The second kappa shape index (κ2) is 7.51. The Morgan fingerprint density at radius 2 is 1.19 bits per heavy atom. The minimum atomic E-state index is -0.766. The summed E-state index contributed by atoms with van der Waals surface area (Å²) in [4.78, 5) is 7.74. The number of benzene rings is 3. The van der Waals surface area contributed by atoms with Crippen molar-refractivity contribution in [2.75, 3.05) is 0 Å². The van der Waals surface area contributed by atoms with Crippen molar-refractivity contribution >= 4 is 6.34 Å². The zero-order chi connectivity index (χ0) is 23.2. The van der Waals surface area contributed by atoms with Gasteiger partial charge in [0.25, 0.3) is 0 Å². The van der Waals surface area contributed by atoms with Crippen LogP contribution in [0.4, 0.5) is 0 Å². The number of phenolic OH excluding ortho intramolecular Hbond substituents is 1. The highest BCUT2D eigenvalue weighted by molar-refractivity contribution is 5.71. The van der Waals surface area contributed by atoms with Crippen molar-refractivity contribution in [2.45, 2.75) is 58.2 Å². The van der Waals surface area contributed by atoms with Gasteiger partial charge in [0.2, 0.25) is 0 Å². The van der Waals surface area contributed by atoms with Gasteiger partial charge in [0.05, 0.1) is 6.34 Å². The Labute approximate surface area is 192 Å². The summed E-state index contributed by atoms with van der Waals surface area (Å²) in [5.41, 5.74) is 1.08. The van der Waals surface area contributed by atoms with Crippen molar-refractivity contribution < 1.29 is 5.11 Å². The van der Waals surface area contributed by atoms with Crippen molar-refractivity contribution in [2.24, 2.45) is 10.4 Å². The molecular weight excluding hydrogens is 392 g/mol. The highest BCUT2D eigenvalue weighted by Crippen LogP contribution is 2.64. The van der Waals surface area contributed by atoms with Crippen LogP contribution in [0.5, 0.6) is 5.75 Å². The maximum Gasteiger partial charge on any atom is 0.125 e. The first-order valence-corrected chi connectivity index (χ1v) is 11.3. The van der Waals surface area contributed by atoms with Crippen LogP contribution in [0.1, 0.15) is 58.2 Å². The van der Waals surface area contributed by atoms with Gasteiger partial charge in [-0.05, 0) is 43.4 Å². The average molecular weight is 427 g/mol. The van der Waals surface area contributed by atoms with E-state index in [1.807, 2.05) is 30.6 Å². The summed E-state index contributed by atoms with van der Waals surface area (Å²) in [6, 6.07) is 28.8. The van der Waals surface area contributed by atoms with E-state index in [4.69, 9.17) is 4.99 Å². The van der Waals surface area contributed by atoms with Crippen LogP contribution in [0, 0.1) is 5.41 Å². The van der Waals surface area contributed by atoms with Crippen LogP contribution in [-0.2, 0) is 11.1 Å². The van der Waals surface area contributed by atoms with E-state index in [9.17, 15) is 5.11 Å². The first-order chi connectivity index (χ1) is 15.1. The van der Waals surface area contributed by atoms with Crippen LogP contribution < -0.4 is 0 Å². The molecule has 3 heteroatoms. The molecule has 1 aliphatic rings. The lowest BCUT2D eigenvalue weighted by molar-refractivity contribution is 0.00702. The van der Waals surface area contributed by atoms with Gasteiger partial charge in [-0.1, -0.05) is 99.6 Å². The second-order valence-corrected chi connectivity index (χ2v) is 10.7. The molecule has 2 atom stereocenters. The van der Waals surface area contributed by atoms with Crippen molar-refractivity contribution in [1.82, 2.24) is 4.90 Å². The van der Waals surface area contributed by atoms with Gasteiger partial charge in [0, 0.05) is 11.1 Å². The van der Waals surface area contributed by atoms with Crippen molar-refractivity contribution in [3.05, 3.63) is 102 Å². The molecule has 4 rings (SSSR count). The van der Waals surface area contributed by atoms with Crippen LogP contribution in [0.25, 0.3) is 0 Å². The molecule has 3 aromatic rings. The van der Waals surface area contributed by atoms with E-state index < -0.39 is 11.1 Å². The summed E-state index contributed by atoms with van der Waals surface area (Å²) in [6.45, 7) is 13.4. The minimum absolute atomic E-state index is 0.261. The Morgan fingerprint density at radius 3 is 1.69 bits per heavy atom. The molecule has 0 saturated carbocycles. The summed E-state index contributed by atoms with van der Waals surface area (Å²) in [6.07, 6.45) is 2.01. The quantitative estimate of drug-likeness (QED) is 0.504. The van der Waals surface area contributed by atoms with Gasteiger partial charge in [-0.2, -0.15) is 0 Å². The minimum Gasteiger partial charge on any atom is -0.508 e. The lowest BCUT2D eigenvalue weighted by Crippen LogP contribution is -2.64. The summed E-state index contributed by atoms with van der Waals surface area (Å²) in [5, 5.41) is 11.3. The number of phenols is 1. The van der Waals surface area contributed by atoms with Gasteiger partial charge >= 0.3 is 0 Å². The van der Waals surface area contributed by atoms with Gasteiger partial charge < -0.3 is 10.0 Å². The lowest BCUT2D eigenvalue weighted by atomic mass is 9.54. The van der Waals surface area contributed by atoms with Crippen molar-refractivity contribution in [3.63, 3.8) is 0 Å². The number of hydrogen-bond acceptors (Lipinski definition) is 3. The smallest absolute Gasteiger partial charge is 0.125 e. The Balaban J connectivity index is 2.26. The molecule has 0 aliphatic carbocycles. The van der Waals surface area contributed by atoms with Crippen LogP contribution in [0.3, 0.4) is 0 Å². The van der Waals surface area contributed by atoms with E-state index in [0.29, 0.717) is 0 Å². The molecule has 0 aromatic heterocycles. The molecule has 1 heterocycles. The molecule has 3 aromatic carbocycles. The second-order valence-electron chi connectivity index (χ2n) is 10.7. The number of para-hydroxylation sites is 1. The highest BCUT2D eigenvalue weighted by Gasteiger charge is 2.67. The molecule has 0 radical (unpaired) electrons. The number of rotatable bonds is 3. The van der Waals surface area contributed by atoms with Crippen molar-refractivity contribution in [1.29, 1.82) is 0 Å². The summed E-state index contributed by atoms with van der Waals surface area (Å²) in [7, 11) is 0. The maximum atomic E-state index is 11.3. The predicted octanol–water partition coefficient (Wildman–Crippen LogP) is 6.72. The first kappa shape index (κ1) is 22.1. The number of nitrogens with zero attached hydrogens (tertiary/aromatic N) is 2. The van der Waals surface area contributed by atoms with Gasteiger partial charge in [-0.25, -0.2) is 0 Å². The highest BCUT2D eigenvalue weighted by atomic mass is 16.3. The van der Waals surface area contributed by atoms with Crippen LogP contribution in [-0.4, -0.2) is 21.9 Å². The Hall–Kier alpha value is -3.07. The Bertz CT molecular complexity index is 1110. The Morgan fingerprint density at radius 1 is 0.688 bits per heavy atom. The fourth-order valence-corrected chi connectivity index (χ4v) is 5.59. The van der Waals surface area contributed by atoms with Gasteiger partial charge in [0.1, 0.15) is 16.8 Å². The fourth-order valence-electron chi connectivity index (χ4n) is 5.59. The third-order valence-corrected chi connectivity index (χ3v) is 6.74. The zero-order valence-electron chi connectivity index (χ0n) is 20.0. The predicted molar refractivity (Wildman–Crippen MR) is 133 cm³/mol. The molecule has 0 spiro atoms. The van der Waals surface area contributed by atoms with E-state index in [-0.39, 0.29) is 16.7 Å². The Kier molecular flexibility index (Phi) is 5.20. The lowest BCUT2D eigenvalue weighted by Gasteiger charge is -2.58. The third kappa shape index (κ3) is 2.98. The van der Waals surface area contributed by atoms with Gasteiger partial charge in [-0.3, -0.25) is 4.99 Å². The monoisotopic (exact) mass is 426 g/mol. The molecule has 2 unspecified atom stereocenters. The zero-order valence-corrected chi connectivity index (χ0v) is 20.0. The largest absolute Gasteiger partial charge is 0.508 e. The molecule has 0 bridgehead atoms. The SMILES string of the molecule is CC(C)(C)N1C=NC(c2ccccc2)(C(C)(C)C)C1(c1ccccc1)c1ccccc1O. The molecule has 32 heavy (non-hydrogen) atoms. The van der Waals surface area contributed by atoms with E-state index in [1.54, 1.807) is 6.07 Å².